The molecule has 1 heterocycles. The number of alkyl halides is 3. The van der Waals surface area contributed by atoms with Crippen LogP contribution in [0.1, 0.15) is 36.5 Å². The molecule has 0 spiro atoms. The summed E-state index contributed by atoms with van der Waals surface area (Å²) in [7, 11) is 0. The molecule has 31 heavy (non-hydrogen) atoms. The second-order valence-corrected chi connectivity index (χ2v) is 7.82. The van der Waals surface area contributed by atoms with Gasteiger partial charge in [-0.1, -0.05) is 42.5 Å². The van der Waals surface area contributed by atoms with Crippen molar-refractivity contribution in [1.82, 2.24) is 10.2 Å². The van der Waals surface area contributed by atoms with Crippen LogP contribution >= 0.6 is 0 Å². The van der Waals surface area contributed by atoms with Crippen molar-refractivity contribution in [2.75, 3.05) is 0 Å². The summed E-state index contributed by atoms with van der Waals surface area (Å²) in [4.78, 5) is 26.7. The topological polar surface area (TPSA) is 69.6 Å². The third kappa shape index (κ3) is 5.85. The highest BCUT2D eigenvalue weighted by molar-refractivity contribution is 5.91. The van der Waals surface area contributed by atoms with Crippen molar-refractivity contribution in [3.05, 3.63) is 71.3 Å². The molecule has 0 aliphatic carbocycles. The van der Waals surface area contributed by atoms with Crippen LogP contribution in [0.15, 0.2) is 54.6 Å². The number of carbonyl (C=O) groups is 2. The maximum atomic E-state index is 12.9. The summed E-state index contributed by atoms with van der Waals surface area (Å²) < 4.78 is 38.3. The number of nitrogens with one attached hydrogen (secondary N) is 1. The fourth-order valence-electron chi connectivity index (χ4n) is 3.69. The first-order chi connectivity index (χ1) is 14.6. The van der Waals surface area contributed by atoms with Crippen LogP contribution in [0.25, 0.3) is 0 Å². The van der Waals surface area contributed by atoms with Crippen LogP contribution < -0.4 is 5.32 Å². The van der Waals surface area contributed by atoms with Crippen LogP contribution in [-0.2, 0) is 28.7 Å². The van der Waals surface area contributed by atoms with Crippen LogP contribution in [0, 0.1) is 0 Å². The quantitative estimate of drug-likeness (QED) is 0.703. The maximum Gasteiger partial charge on any atom is 0.416 e. The van der Waals surface area contributed by atoms with Gasteiger partial charge in [-0.25, -0.2) is 0 Å². The van der Waals surface area contributed by atoms with Gasteiger partial charge in [-0.05, 0) is 43.0 Å². The first-order valence-electron chi connectivity index (χ1n) is 10.1. The fourth-order valence-corrected chi connectivity index (χ4v) is 3.69. The highest BCUT2D eigenvalue weighted by Crippen LogP contribution is 2.30. The molecule has 1 saturated heterocycles. The first-order valence-corrected chi connectivity index (χ1v) is 10.1. The van der Waals surface area contributed by atoms with Gasteiger partial charge in [-0.3, -0.25) is 9.59 Å². The van der Waals surface area contributed by atoms with Gasteiger partial charge in [-0.2, -0.15) is 13.2 Å². The Balaban J connectivity index is 1.68. The Bertz CT molecular complexity index is 899. The van der Waals surface area contributed by atoms with Crippen LogP contribution in [-0.4, -0.2) is 40.0 Å². The Morgan fingerprint density at radius 2 is 1.77 bits per heavy atom. The molecule has 2 unspecified atom stereocenters. The monoisotopic (exact) mass is 434 g/mol. The standard InChI is InChI=1S/C23H25F3N2O3/c1-15(29)19(13-16-5-3-2-4-6-16)27-22(31)20-11-12-21(30)28(20)14-17-7-9-18(10-8-17)23(24,25)26/h2-10,15,19-20,29H,11-14H2,1H3,(H,27,31)/t15?,19?,20-/m1/s1. The average Bonchev–Trinajstić information content (AvgIpc) is 3.08. The molecule has 0 aromatic heterocycles. The lowest BCUT2D eigenvalue weighted by Crippen LogP contribution is -2.51. The zero-order valence-corrected chi connectivity index (χ0v) is 17.1. The van der Waals surface area contributed by atoms with E-state index in [2.05, 4.69) is 5.32 Å². The van der Waals surface area contributed by atoms with E-state index < -0.39 is 29.9 Å². The lowest BCUT2D eigenvalue weighted by atomic mass is 10.0. The lowest BCUT2D eigenvalue weighted by Gasteiger charge is -2.28. The molecular weight excluding hydrogens is 409 g/mol. The van der Waals surface area contributed by atoms with E-state index in [1.54, 1.807) is 6.92 Å². The molecule has 0 radical (unpaired) electrons. The first kappa shape index (κ1) is 22.8. The number of carbonyl (C=O) groups excluding carboxylic acids is 2. The fraction of sp³-hybridized carbons (Fsp3) is 0.391. The SMILES string of the molecule is CC(O)C(Cc1ccccc1)NC(=O)[C@H]1CCC(=O)N1Cc1ccc(C(F)(F)F)cc1. The number of hydrogen-bond acceptors (Lipinski definition) is 3. The van der Waals surface area contributed by atoms with Crippen LogP contribution in [0.3, 0.4) is 0 Å². The molecule has 166 valence electrons. The molecule has 1 fully saturated rings. The third-order valence-corrected chi connectivity index (χ3v) is 5.47. The summed E-state index contributed by atoms with van der Waals surface area (Å²) in [5.74, 6) is -0.601. The lowest BCUT2D eigenvalue weighted by molar-refractivity contribution is -0.137. The Labute approximate surface area is 178 Å². The molecule has 0 saturated carbocycles. The average molecular weight is 434 g/mol. The number of aliphatic hydroxyl groups excluding tert-OH is 1. The number of benzene rings is 2. The van der Waals surface area contributed by atoms with E-state index in [-0.39, 0.29) is 24.8 Å². The molecule has 2 amide bonds. The number of amides is 2. The van der Waals surface area contributed by atoms with Crippen molar-refractivity contribution in [3.8, 4) is 0 Å². The van der Waals surface area contributed by atoms with Crippen molar-refractivity contribution in [3.63, 3.8) is 0 Å². The highest BCUT2D eigenvalue weighted by Gasteiger charge is 2.37. The summed E-state index contributed by atoms with van der Waals surface area (Å²) in [5, 5.41) is 13.0. The molecular formula is C23H25F3N2O3. The summed E-state index contributed by atoms with van der Waals surface area (Å²) in [6.07, 6.45) is -4.28. The van der Waals surface area contributed by atoms with E-state index in [4.69, 9.17) is 0 Å². The summed E-state index contributed by atoms with van der Waals surface area (Å²) in [5.41, 5.74) is 0.703. The Morgan fingerprint density at radius 3 is 2.35 bits per heavy atom. The summed E-state index contributed by atoms with van der Waals surface area (Å²) in [6, 6.07) is 12.7. The van der Waals surface area contributed by atoms with Gasteiger partial charge in [0.15, 0.2) is 0 Å². The van der Waals surface area contributed by atoms with Crippen LogP contribution in [0.4, 0.5) is 13.2 Å². The minimum atomic E-state index is -4.43. The van der Waals surface area contributed by atoms with E-state index in [9.17, 15) is 27.9 Å². The minimum Gasteiger partial charge on any atom is -0.391 e. The number of halogens is 3. The van der Waals surface area contributed by atoms with E-state index >= 15 is 0 Å². The predicted octanol–water partition coefficient (Wildman–Crippen LogP) is 3.30. The van der Waals surface area contributed by atoms with Gasteiger partial charge in [0.1, 0.15) is 6.04 Å². The molecule has 1 aliphatic rings. The van der Waals surface area contributed by atoms with Crippen molar-refractivity contribution in [2.24, 2.45) is 0 Å². The second-order valence-electron chi connectivity index (χ2n) is 7.82. The van der Waals surface area contributed by atoms with E-state index in [0.717, 1.165) is 17.7 Å². The molecule has 2 aromatic carbocycles. The zero-order chi connectivity index (χ0) is 22.6. The zero-order valence-electron chi connectivity index (χ0n) is 17.1. The van der Waals surface area contributed by atoms with Crippen LogP contribution in [0.2, 0.25) is 0 Å². The number of rotatable bonds is 7. The van der Waals surface area contributed by atoms with Gasteiger partial charge < -0.3 is 15.3 Å². The van der Waals surface area contributed by atoms with E-state index in [0.29, 0.717) is 18.4 Å². The van der Waals surface area contributed by atoms with E-state index in [1.807, 2.05) is 30.3 Å². The Hall–Kier alpha value is -2.87. The predicted molar refractivity (Wildman–Crippen MR) is 109 cm³/mol. The summed E-state index contributed by atoms with van der Waals surface area (Å²) in [6.45, 7) is 1.64. The summed E-state index contributed by atoms with van der Waals surface area (Å²) >= 11 is 0. The number of hydrogen-bond donors (Lipinski definition) is 2. The van der Waals surface area contributed by atoms with Crippen molar-refractivity contribution in [2.45, 2.75) is 57.1 Å². The van der Waals surface area contributed by atoms with Crippen molar-refractivity contribution >= 4 is 11.8 Å². The number of aliphatic hydroxyl groups is 1. The molecule has 8 heteroatoms. The number of likely N-dealkylation sites (tertiary alicyclic amines) is 1. The van der Waals surface area contributed by atoms with Crippen molar-refractivity contribution < 1.29 is 27.9 Å². The van der Waals surface area contributed by atoms with E-state index in [1.165, 1.54) is 17.0 Å². The minimum absolute atomic E-state index is 0.0487. The molecule has 1 aliphatic heterocycles. The normalized spacial score (nSPS) is 18.7. The van der Waals surface area contributed by atoms with Gasteiger partial charge in [0.25, 0.3) is 0 Å². The molecule has 2 N–H and O–H groups in total. The molecule has 3 atom stereocenters. The molecule has 2 aromatic rings. The molecule has 3 rings (SSSR count). The smallest absolute Gasteiger partial charge is 0.391 e. The van der Waals surface area contributed by atoms with Gasteiger partial charge in [-0.15, -0.1) is 0 Å². The van der Waals surface area contributed by atoms with Gasteiger partial charge >= 0.3 is 6.18 Å². The highest BCUT2D eigenvalue weighted by atomic mass is 19.4. The van der Waals surface area contributed by atoms with Gasteiger partial charge in [0.05, 0.1) is 17.7 Å². The van der Waals surface area contributed by atoms with Gasteiger partial charge in [0, 0.05) is 13.0 Å². The van der Waals surface area contributed by atoms with Gasteiger partial charge in [0.2, 0.25) is 11.8 Å². The van der Waals surface area contributed by atoms with Crippen LogP contribution in [0.5, 0.6) is 0 Å². The molecule has 5 nitrogen and oxygen atoms in total. The second kappa shape index (κ2) is 9.51. The maximum absolute atomic E-state index is 12.9. The van der Waals surface area contributed by atoms with Crippen molar-refractivity contribution in [1.29, 1.82) is 0 Å². The third-order valence-electron chi connectivity index (χ3n) is 5.47. The Kier molecular flexibility index (Phi) is 7.00. The number of nitrogens with zero attached hydrogens (tertiary/aromatic N) is 1. The largest absolute Gasteiger partial charge is 0.416 e. The molecule has 0 bridgehead atoms. The Morgan fingerprint density at radius 1 is 1.13 bits per heavy atom.